The van der Waals surface area contributed by atoms with Crippen molar-refractivity contribution in [2.24, 2.45) is 0 Å². The number of carboxylic acid groups (broad SMARTS) is 1. The fourth-order valence-corrected chi connectivity index (χ4v) is 1.93. The van der Waals surface area contributed by atoms with Gasteiger partial charge in [-0.25, -0.2) is 0 Å². The van der Waals surface area contributed by atoms with Gasteiger partial charge in [-0.2, -0.15) is 0 Å². The van der Waals surface area contributed by atoms with Crippen LogP contribution in [0.2, 0.25) is 0 Å². The van der Waals surface area contributed by atoms with E-state index in [0.29, 0.717) is 23.9 Å². The largest absolute Gasteiger partial charge is 0.481 e. The van der Waals surface area contributed by atoms with Crippen LogP contribution >= 0.6 is 0 Å². The number of aliphatic carboxylic acids is 1. The van der Waals surface area contributed by atoms with Crippen LogP contribution in [0.3, 0.4) is 0 Å². The van der Waals surface area contributed by atoms with Gasteiger partial charge in [-0.3, -0.25) is 9.59 Å². The average Bonchev–Trinajstić information content (AvgIpc) is 2.25. The summed E-state index contributed by atoms with van der Waals surface area (Å²) < 4.78 is 5.70. The Morgan fingerprint density at radius 2 is 1.86 bits per heavy atom. The number of carboxylic acids is 1. The van der Waals surface area contributed by atoms with E-state index < -0.39 is 24.1 Å². The van der Waals surface area contributed by atoms with E-state index in [1.807, 2.05) is 40.2 Å². The maximum absolute atomic E-state index is 11.8. The van der Waals surface area contributed by atoms with Crippen LogP contribution in [0.1, 0.15) is 32.6 Å². The van der Waals surface area contributed by atoms with Gasteiger partial charge in [0.15, 0.2) is 6.10 Å². The highest BCUT2D eigenvalue weighted by Gasteiger charge is 2.25. The SMILES string of the molecule is C/C=C/CCC(O)CC(=O)OC(CC(=O)O)C[N+](C)(C)C. The minimum Gasteiger partial charge on any atom is -0.481 e. The van der Waals surface area contributed by atoms with E-state index in [0.717, 1.165) is 0 Å². The summed E-state index contributed by atoms with van der Waals surface area (Å²) in [7, 11) is 5.69. The first-order chi connectivity index (χ1) is 9.64. The van der Waals surface area contributed by atoms with Crippen molar-refractivity contribution in [1.29, 1.82) is 0 Å². The Morgan fingerprint density at radius 3 is 2.33 bits per heavy atom. The molecule has 2 atom stereocenters. The van der Waals surface area contributed by atoms with Gasteiger partial charge in [0, 0.05) is 0 Å². The van der Waals surface area contributed by atoms with Crippen molar-refractivity contribution in [2.75, 3.05) is 27.7 Å². The second-order valence-corrected chi connectivity index (χ2v) is 6.19. The number of esters is 1. The van der Waals surface area contributed by atoms with Gasteiger partial charge in [0.1, 0.15) is 6.54 Å². The zero-order valence-corrected chi connectivity index (χ0v) is 13.4. The molecule has 0 amide bonds. The smallest absolute Gasteiger partial charge is 0.308 e. The van der Waals surface area contributed by atoms with Gasteiger partial charge in [-0.15, -0.1) is 0 Å². The van der Waals surface area contributed by atoms with Gasteiger partial charge in [-0.05, 0) is 19.8 Å². The number of quaternary nitrogens is 1. The van der Waals surface area contributed by atoms with Crippen LogP contribution in [0.25, 0.3) is 0 Å². The minimum absolute atomic E-state index is 0.106. The molecule has 6 heteroatoms. The van der Waals surface area contributed by atoms with Crippen LogP contribution in [0, 0.1) is 0 Å². The van der Waals surface area contributed by atoms with Crippen molar-refractivity contribution in [3.05, 3.63) is 12.2 Å². The number of likely N-dealkylation sites (N-methyl/N-ethyl adjacent to an activating group) is 1. The Labute approximate surface area is 126 Å². The van der Waals surface area contributed by atoms with Crippen molar-refractivity contribution in [2.45, 2.75) is 44.8 Å². The van der Waals surface area contributed by atoms with E-state index in [1.165, 1.54) is 0 Å². The number of hydrogen-bond donors (Lipinski definition) is 2. The molecule has 0 aliphatic rings. The molecule has 0 aromatic heterocycles. The Kier molecular flexibility index (Phi) is 8.89. The third kappa shape index (κ3) is 12.1. The zero-order valence-electron chi connectivity index (χ0n) is 13.4. The lowest BCUT2D eigenvalue weighted by Crippen LogP contribution is -2.44. The molecule has 0 rings (SSSR count). The third-order valence-electron chi connectivity index (χ3n) is 2.76. The predicted molar refractivity (Wildman–Crippen MR) is 79.7 cm³/mol. The quantitative estimate of drug-likeness (QED) is 0.360. The molecule has 0 saturated heterocycles. The first-order valence-corrected chi connectivity index (χ1v) is 7.15. The molecule has 0 fully saturated rings. The van der Waals surface area contributed by atoms with Crippen LogP contribution in [0.5, 0.6) is 0 Å². The highest BCUT2D eigenvalue weighted by Crippen LogP contribution is 2.09. The Balaban J connectivity index is 4.35. The summed E-state index contributed by atoms with van der Waals surface area (Å²) in [5, 5.41) is 18.6. The number of nitrogens with zero attached hydrogens (tertiary/aromatic N) is 1. The number of allylic oxidation sites excluding steroid dienone is 2. The number of hydrogen-bond acceptors (Lipinski definition) is 4. The van der Waals surface area contributed by atoms with Crippen LogP contribution in [0.4, 0.5) is 0 Å². The van der Waals surface area contributed by atoms with E-state index in [1.54, 1.807) is 0 Å². The van der Waals surface area contributed by atoms with Crippen LogP contribution < -0.4 is 0 Å². The Morgan fingerprint density at radius 1 is 1.24 bits per heavy atom. The first-order valence-electron chi connectivity index (χ1n) is 7.15. The molecule has 122 valence electrons. The molecular weight excluding hydrogens is 274 g/mol. The van der Waals surface area contributed by atoms with Crippen molar-refractivity contribution >= 4 is 11.9 Å². The van der Waals surface area contributed by atoms with Crippen molar-refractivity contribution in [3.8, 4) is 0 Å². The fraction of sp³-hybridized carbons (Fsp3) is 0.733. The average molecular weight is 302 g/mol. The summed E-state index contributed by atoms with van der Waals surface area (Å²) in [6.45, 7) is 2.30. The van der Waals surface area contributed by atoms with E-state index in [2.05, 4.69) is 0 Å². The van der Waals surface area contributed by atoms with Gasteiger partial charge in [0.2, 0.25) is 0 Å². The van der Waals surface area contributed by atoms with Crippen LogP contribution in [-0.4, -0.2) is 66.5 Å². The zero-order chi connectivity index (χ0) is 16.5. The molecule has 6 nitrogen and oxygen atoms in total. The lowest BCUT2D eigenvalue weighted by molar-refractivity contribution is -0.873. The third-order valence-corrected chi connectivity index (χ3v) is 2.76. The summed E-state index contributed by atoms with van der Waals surface area (Å²) in [5.41, 5.74) is 0. The first kappa shape index (κ1) is 19.6. The molecule has 2 unspecified atom stereocenters. The maximum Gasteiger partial charge on any atom is 0.308 e. The molecule has 0 aromatic carbocycles. The summed E-state index contributed by atoms with van der Waals surface area (Å²) >= 11 is 0. The fourth-order valence-electron chi connectivity index (χ4n) is 1.93. The molecule has 0 aliphatic heterocycles. The van der Waals surface area contributed by atoms with Crippen molar-refractivity contribution < 1.29 is 29.0 Å². The van der Waals surface area contributed by atoms with E-state index in [9.17, 15) is 14.7 Å². The lowest BCUT2D eigenvalue weighted by Gasteiger charge is -2.28. The number of rotatable bonds is 10. The molecule has 0 saturated carbocycles. The topological polar surface area (TPSA) is 83.8 Å². The molecule has 0 aliphatic carbocycles. The summed E-state index contributed by atoms with van der Waals surface area (Å²) in [6, 6.07) is 0. The molecule has 0 aromatic rings. The van der Waals surface area contributed by atoms with Gasteiger partial charge in [0.05, 0.1) is 40.1 Å². The van der Waals surface area contributed by atoms with E-state index in [-0.39, 0.29) is 12.8 Å². The van der Waals surface area contributed by atoms with Gasteiger partial charge in [0.25, 0.3) is 0 Å². The van der Waals surface area contributed by atoms with Crippen molar-refractivity contribution in [3.63, 3.8) is 0 Å². The second kappa shape index (κ2) is 9.52. The summed E-state index contributed by atoms with van der Waals surface area (Å²) in [4.78, 5) is 22.6. The molecular formula is C15H28NO5+. The van der Waals surface area contributed by atoms with Gasteiger partial charge < -0.3 is 19.4 Å². The Hall–Kier alpha value is -1.40. The Bertz CT molecular complexity index is 360. The number of aliphatic hydroxyl groups is 1. The van der Waals surface area contributed by atoms with Gasteiger partial charge >= 0.3 is 11.9 Å². The van der Waals surface area contributed by atoms with Crippen LogP contribution in [-0.2, 0) is 14.3 Å². The van der Waals surface area contributed by atoms with E-state index in [4.69, 9.17) is 9.84 Å². The van der Waals surface area contributed by atoms with Crippen LogP contribution in [0.15, 0.2) is 12.2 Å². The number of carbonyl (C=O) groups excluding carboxylic acids is 1. The number of ether oxygens (including phenoxy) is 1. The van der Waals surface area contributed by atoms with Gasteiger partial charge in [-0.1, -0.05) is 12.2 Å². The highest BCUT2D eigenvalue weighted by atomic mass is 16.5. The highest BCUT2D eigenvalue weighted by molar-refractivity contribution is 5.71. The van der Waals surface area contributed by atoms with E-state index >= 15 is 0 Å². The minimum atomic E-state index is -1.00. The monoisotopic (exact) mass is 302 g/mol. The molecule has 21 heavy (non-hydrogen) atoms. The summed E-state index contributed by atoms with van der Waals surface area (Å²) in [5.74, 6) is -1.56. The lowest BCUT2D eigenvalue weighted by atomic mass is 10.1. The number of aliphatic hydroxyl groups excluding tert-OH is 1. The molecule has 0 bridgehead atoms. The van der Waals surface area contributed by atoms with Crippen molar-refractivity contribution in [1.82, 2.24) is 0 Å². The molecule has 2 N–H and O–H groups in total. The number of carbonyl (C=O) groups is 2. The predicted octanol–water partition coefficient (Wildman–Crippen LogP) is 1.19. The second-order valence-electron chi connectivity index (χ2n) is 6.19. The molecule has 0 spiro atoms. The maximum atomic E-state index is 11.8. The molecule has 0 heterocycles. The molecule has 0 radical (unpaired) electrons. The normalized spacial score (nSPS) is 14.9. The summed E-state index contributed by atoms with van der Waals surface area (Å²) in [6.07, 6.45) is 3.20. The standard InChI is InChI=1S/C15H27NO5/c1-5-6-7-8-12(17)9-15(20)21-13(10-14(18)19)11-16(2,3)4/h5-6,12-13,17H,7-11H2,1-4H3/p+1/b6-5+.